The molecule has 0 saturated carbocycles. The molecule has 2 aromatic carbocycles. The predicted octanol–water partition coefficient (Wildman–Crippen LogP) is 2.78. The first-order valence-electron chi connectivity index (χ1n) is 9.08. The van der Waals surface area contributed by atoms with Crippen molar-refractivity contribution in [3.05, 3.63) is 69.9 Å². The highest BCUT2D eigenvalue weighted by atomic mass is 16.3. The van der Waals surface area contributed by atoms with Crippen LogP contribution in [0, 0.1) is 6.92 Å². The third kappa shape index (κ3) is 2.87. The lowest BCUT2D eigenvalue weighted by Crippen LogP contribution is -2.23. The topological polar surface area (TPSA) is 82.5 Å². The Labute approximate surface area is 162 Å². The molecule has 1 aliphatic rings. The quantitative estimate of drug-likeness (QED) is 0.737. The maximum absolute atomic E-state index is 12.9. The van der Waals surface area contributed by atoms with E-state index < -0.39 is 0 Å². The maximum Gasteiger partial charge on any atom is 0.255 e. The van der Waals surface area contributed by atoms with Crippen LogP contribution in [0.25, 0.3) is 10.9 Å². The second-order valence-electron chi connectivity index (χ2n) is 7.36. The molecule has 4 rings (SSSR count). The van der Waals surface area contributed by atoms with Gasteiger partial charge in [-0.15, -0.1) is 0 Å². The number of hydrogen-bond donors (Lipinski definition) is 2. The summed E-state index contributed by atoms with van der Waals surface area (Å²) in [6.07, 6.45) is 2.35. The second-order valence-corrected chi connectivity index (χ2v) is 7.36. The van der Waals surface area contributed by atoms with Crippen LogP contribution in [0.2, 0.25) is 0 Å². The van der Waals surface area contributed by atoms with Gasteiger partial charge in [-0.1, -0.05) is 29.8 Å². The minimum absolute atomic E-state index is 0.150. The van der Waals surface area contributed by atoms with Gasteiger partial charge in [0.15, 0.2) is 5.75 Å². The van der Waals surface area contributed by atoms with Crippen LogP contribution >= 0.6 is 0 Å². The Hall–Kier alpha value is -3.41. The smallest absolute Gasteiger partial charge is 0.255 e. The molecule has 0 fully saturated rings. The summed E-state index contributed by atoms with van der Waals surface area (Å²) in [5, 5.41) is 13.9. The Kier molecular flexibility index (Phi) is 4.26. The number of nitrogens with zero attached hydrogens (tertiary/aromatic N) is 2. The summed E-state index contributed by atoms with van der Waals surface area (Å²) in [5.74, 6) is -0.767. The number of pyridine rings is 1. The van der Waals surface area contributed by atoms with Gasteiger partial charge in [0.2, 0.25) is 0 Å². The van der Waals surface area contributed by atoms with Crippen LogP contribution < -0.4 is 5.32 Å². The van der Waals surface area contributed by atoms with E-state index in [-0.39, 0.29) is 35.2 Å². The summed E-state index contributed by atoms with van der Waals surface area (Å²) in [7, 11) is 3.34. The van der Waals surface area contributed by atoms with Gasteiger partial charge in [-0.25, -0.2) is 0 Å². The van der Waals surface area contributed by atoms with Gasteiger partial charge in [0.1, 0.15) is 5.52 Å². The third-order valence-electron chi connectivity index (χ3n) is 5.08. The van der Waals surface area contributed by atoms with Gasteiger partial charge in [0.25, 0.3) is 11.8 Å². The van der Waals surface area contributed by atoms with E-state index in [1.165, 1.54) is 10.5 Å². The van der Waals surface area contributed by atoms with Crippen LogP contribution in [0.5, 0.6) is 5.75 Å². The zero-order valence-electron chi connectivity index (χ0n) is 16.0. The number of aryl methyl sites for hydroxylation is 1. The van der Waals surface area contributed by atoms with Crippen molar-refractivity contribution in [1.82, 2.24) is 15.2 Å². The molecule has 1 aliphatic heterocycles. The normalized spacial score (nSPS) is 12.8. The number of hydrogen-bond acceptors (Lipinski definition) is 4. The number of benzene rings is 2. The molecule has 3 aromatic rings. The monoisotopic (exact) mass is 375 g/mol. The molecule has 0 aliphatic carbocycles. The minimum atomic E-state index is -0.382. The lowest BCUT2D eigenvalue weighted by Gasteiger charge is -2.17. The van der Waals surface area contributed by atoms with Crippen molar-refractivity contribution in [3.63, 3.8) is 0 Å². The highest BCUT2D eigenvalue weighted by molar-refractivity contribution is 6.15. The first kappa shape index (κ1) is 18.0. The fourth-order valence-electron chi connectivity index (χ4n) is 3.62. The molecule has 6 heteroatoms. The summed E-state index contributed by atoms with van der Waals surface area (Å²) in [5.41, 5.74) is 4.63. The lowest BCUT2D eigenvalue weighted by molar-refractivity contribution is 0.0828. The van der Waals surface area contributed by atoms with Gasteiger partial charge in [-0.2, -0.15) is 0 Å². The Morgan fingerprint density at radius 1 is 1.21 bits per heavy atom. The van der Waals surface area contributed by atoms with E-state index in [1.54, 1.807) is 20.3 Å². The zero-order valence-corrected chi connectivity index (χ0v) is 16.0. The van der Waals surface area contributed by atoms with Gasteiger partial charge in [0, 0.05) is 37.8 Å². The van der Waals surface area contributed by atoms with Crippen molar-refractivity contribution >= 4 is 22.7 Å². The largest absolute Gasteiger partial charge is 0.505 e. The van der Waals surface area contributed by atoms with Crippen LogP contribution in [0.15, 0.2) is 36.5 Å². The number of rotatable bonds is 3. The lowest BCUT2D eigenvalue weighted by atomic mass is 9.94. The number of carbonyl (C=O) groups is 2. The zero-order chi connectivity index (χ0) is 20.0. The maximum atomic E-state index is 12.9. The molecule has 1 aromatic heterocycles. The van der Waals surface area contributed by atoms with Crippen LogP contribution in [-0.2, 0) is 13.0 Å². The van der Waals surface area contributed by atoms with E-state index in [2.05, 4.69) is 34.6 Å². The summed E-state index contributed by atoms with van der Waals surface area (Å²) >= 11 is 0. The van der Waals surface area contributed by atoms with Crippen molar-refractivity contribution in [2.75, 3.05) is 14.1 Å². The Morgan fingerprint density at radius 3 is 2.61 bits per heavy atom. The highest BCUT2D eigenvalue weighted by Gasteiger charge is 2.32. The van der Waals surface area contributed by atoms with Gasteiger partial charge in [-0.3, -0.25) is 14.6 Å². The molecule has 0 spiro atoms. The van der Waals surface area contributed by atoms with Crippen LogP contribution in [0.3, 0.4) is 0 Å². The van der Waals surface area contributed by atoms with E-state index in [4.69, 9.17) is 0 Å². The van der Waals surface area contributed by atoms with Crippen molar-refractivity contribution < 1.29 is 14.7 Å². The van der Waals surface area contributed by atoms with E-state index in [0.717, 1.165) is 11.1 Å². The fraction of sp³-hybridized carbons (Fsp3) is 0.227. The number of aromatic nitrogens is 1. The Bertz CT molecular complexity index is 1120. The minimum Gasteiger partial charge on any atom is -0.505 e. The molecule has 6 nitrogen and oxygen atoms in total. The van der Waals surface area contributed by atoms with E-state index in [9.17, 15) is 14.7 Å². The van der Waals surface area contributed by atoms with E-state index in [0.29, 0.717) is 22.9 Å². The molecule has 0 radical (unpaired) electrons. The summed E-state index contributed by atoms with van der Waals surface area (Å²) in [6, 6.07) is 10.1. The average Bonchev–Trinajstić information content (AvgIpc) is 3.05. The van der Waals surface area contributed by atoms with Crippen molar-refractivity contribution in [2.45, 2.75) is 19.9 Å². The molecule has 2 N–H and O–H groups in total. The molecule has 0 atom stereocenters. The summed E-state index contributed by atoms with van der Waals surface area (Å²) in [4.78, 5) is 31.0. The summed E-state index contributed by atoms with van der Waals surface area (Å²) < 4.78 is 0. The number of fused-ring (bicyclic) bond motifs is 2. The van der Waals surface area contributed by atoms with Gasteiger partial charge in [0.05, 0.1) is 11.1 Å². The predicted molar refractivity (Wildman–Crippen MR) is 107 cm³/mol. The van der Waals surface area contributed by atoms with E-state index >= 15 is 0 Å². The average molecular weight is 375 g/mol. The molecule has 2 heterocycles. The summed E-state index contributed by atoms with van der Waals surface area (Å²) in [6.45, 7) is 2.26. The van der Waals surface area contributed by atoms with Crippen LogP contribution in [0.4, 0.5) is 0 Å². The number of nitrogens with one attached hydrogen (secondary N) is 1. The van der Waals surface area contributed by atoms with Gasteiger partial charge >= 0.3 is 0 Å². The van der Waals surface area contributed by atoms with Crippen molar-refractivity contribution in [1.29, 1.82) is 0 Å². The number of phenols is 1. The van der Waals surface area contributed by atoms with Crippen LogP contribution in [0.1, 0.15) is 43.0 Å². The number of amides is 2. The first-order chi connectivity index (χ1) is 13.4. The van der Waals surface area contributed by atoms with Gasteiger partial charge in [-0.05, 0) is 30.5 Å². The van der Waals surface area contributed by atoms with Gasteiger partial charge < -0.3 is 15.3 Å². The molecular formula is C22H21N3O3. The Morgan fingerprint density at radius 2 is 1.93 bits per heavy atom. The second kappa shape index (κ2) is 6.64. The van der Waals surface area contributed by atoms with E-state index in [1.807, 2.05) is 13.0 Å². The SMILES string of the molecule is Cc1ccc(Cc2cnc3c(O)c4c(c(C(=O)N(C)C)c3c2)CNC4=O)cc1. The van der Waals surface area contributed by atoms with Crippen molar-refractivity contribution in [3.8, 4) is 5.75 Å². The third-order valence-corrected chi connectivity index (χ3v) is 5.08. The first-order valence-corrected chi connectivity index (χ1v) is 9.08. The highest BCUT2D eigenvalue weighted by Crippen LogP contribution is 2.37. The number of phenolic OH excluding ortho intramolecular Hbond substituents is 1. The molecule has 0 bridgehead atoms. The molecule has 28 heavy (non-hydrogen) atoms. The molecule has 142 valence electrons. The molecule has 0 unspecified atom stereocenters. The molecule has 2 amide bonds. The molecule has 0 saturated heterocycles. The number of carbonyl (C=O) groups excluding carboxylic acids is 2. The molecular weight excluding hydrogens is 354 g/mol. The Balaban J connectivity index is 1.92. The van der Waals surface area contributed by atoms with Crippen molar-refractivity contribution in [2.24, 2.45) is 0 Å². The van der Waals surface area contributed by atoms with Crippen LogP contribution in [-0.4, -0.2) is 40.9 Å². The fourth-order valence-corrected chi connectivity index (χ4v) is 3.62. The standard InChI is InChI=1S/C22H21N3O3/c1-12-4-6-13(7-5-12)8-14-9-15-17(22(28)25(2)3)16-11-24-21(27)18(16)20(26)19(15)23-10-14/h4-7,9-10,26H,8,11H2,1-3H3,(H,24,27). The number of aromatic hydroxyl groups is 1.